The number of hydrogen-bond acceptors (Lipinski definition) is 10. The third-order valence-corrected chi connectivity index (χ3v) is 5.18. The third kappa shape index (κ3) is 5.80. The number of carbonyl (C=O) groups excluding carboxylic acids is 2. The Morgan fingerprint density at radius 3 is 2.52 bits per heavy atom. The largest absolute Gasteiger partial charge is 0.477 e. The smallest absolute Gasteiger partial charge is 0.364 e. The Labute approximate surface area is 187 Å². The van der Waals surface area contributed by atoms with Crippen molar-refractivity contribution in [3.05, 3.63) is 39.9 Å². The molecule has 6 atom stereocenters. The number of amides is 2. The van der Waals surface area contributed by atoms with Crippen molar-refractivity contribution in [3.8, 4) is 0 Å². The van der Waals surface area contributed by atoms with E-state index in [1.807, 2.05) is 0 Å². The summed E-state index contributed by atoms with van der Waals surface area (Å²) in [5, 5.41) is 55.2. The van der Waals surface area contributed by atoms with Gasteiger partial charge in [0.1, 0.15) is 18.3 Å². The van der Waals surface area contributed by atoms with Crippen LogP contribution in [0.1, 0.15) is 23.7 Å². The zero-order chi connectivity index (χ0) is 24.9. The number of nitrogens with zero attached hydrogens (tertiary/aromatic N) is 1. The van der Waals surface area contributed by atoms with Crippen molar-refractivity contribution >= 4 is 23.5 Å². The number of nitrogens with one attached hydrogen (secondary N) is 2. The number of rotatable bonds is 9. The molecule has 0 spiro atoms. The van der Waals surface area contributed by atoms with Crippen LogP contribution in [0.4, 0.5) is 5.69 Å². The molecule has 14 heteroatoms. The van der Waals surface area contributed by atoms with Gasteiger partial charge in [-0.2, -0.15) is 0 Å². The van der Waals surface area contributed by atoms with Gasteiger partial charge in [0.15, 0.2) is 0 Å². The topological polar surface area (TPSA) is 218 Å². The summed E-state index contributed by atoms with van der Waals surface area (Å²) in [7, 11) is 1.01. The fourth-order valence-corrected chi connectivity index (χ4v) is 3.52. The van der Waals surface area contributed by atoms with Crippen molar-refractivity contribution in [1.82, 2.24) is 10.6 Å². The summed E-state index contributed by atoms with van der Waals surface area (Å²) in [4.78, 5) is 46.9. The lowest BCUT2D eigenvalue weighted by Gasteiger charge is -2.47. The van der Waals surface area contributed by atoms with E-state index in [9.17, 15) is 44.9 Å². The van der Waals surface area contributed by atoms with E-state index in [4.69, 9.17) is 9.47 Å². The molecule has 0 aliphatic carbocycles. The Hall–Kier alpha value is -3.17. The van der Waals surface area contributed by atoms with Gasteiger partial charge in [0.25, 0.3) is 17.4 Å². The number of methoxy groups -OCH3 is 1. The van der Waals surface area contributed by atoms with E-state index in [0.29, 0.717) is 0 Å². The summed E-state index contributed by atoms with van der Waals surface area (Å²) >= 11 is 0. The van der Waals surface area contributed by atoms with E-state index in [1.54, 1.807) is 0 Å². The Morgan fingerprint density at radius 1 is 1.33 bits per heavy atom. The van der Waals surface area contributed by atoms with Crippen LogP contribution in [0, 0.1) is 10.1 Å². The molecule has 0 unspecified atom stereocenters. The fourth-order valence-electron chi connectivity index (χ4n) is 3.52. The highest BCUT2D eigenvalue weighted by molar-refractivity contribution is 5.95. The first-order valence-electron chi connectivity index (χ1n) is 9.71. The number of carbonyl (C=O) groups is 3. The lowest BCUT2D eigenvalue weighted by molar-refractivity contribution is -0.384. The fraction of sp³-hybridized carbons (Fsp3) is 0.526. The molecule has 0 aromatic heterocycles. The molecule has 182 valence electrons. The second kappa shape index (κ2) is 10.6. The van der Waals surface area contributed by atoms with Crippen LogP contribution in [0.2, 0.25) is 0 Å². The summed E-state index contributed by atoms with van der Waals surface area (Å²) < 4.78 is 10.5. The molecule has 1 heterocycles. The molecule has 33 heavy (non-hydrogen) atoms. The number of aliphatic hydroxyl groups excluding tert-OH is 3. The summed E-state index contributed by atoms with van der Waals surface area (Å²) in [6, 6.07) is 2.24. The maximum absolute atomic E-state index is 12.8. The van der Waals surface area contributed by atoms with E-state index in [-0.39, 0.29) is 11.3 Å². The molecule has 0 bridgehead atoms. The minimum absolute atomic E-state index is 0.122. The Kier molecular flexibility index (Phi) is 8.40. The van der Waals surface area contributed by atoms with Crippen molar-refractivity contribution in [2.24, 2.45) is 0 Å². The molecule has 1 aliphatic heterocycles. The first-order valence-corrected chi connectivity index (χ1v) is 9.71. The van der Waals surface area contributed by atoms with E-state index in [0.717, 1.165) is 20.1 Å². The average molecular weight is 471 g/mol. The molecule has 1 saturated heterocycles. The van der Waals surface area contributed by atoms with Crippen molar-refractivity contribution in [3.63, 3.8) is 0 Å². The second-order valence-electron chi connectivity index (χ2n) is 7.40. The first kappa shape index (κ1) is 26.1. The van der Waals surface area contributed by atoms with Crippen molar-refractivity contribution in [2.45, 2.75) is 49.5 Å². The predicted octanol–water partition coefficient (Wildman–Crippen LogP) is -1.87. The van der Waals surface area contributed by atoms with Gasteiger partial charge in [0.05, 0.1) is 23.6 Å². The second-order valence-corrected chi connectivity index (χ2v) is 7.40. The number of aliphatic carboxylic acids is 1. The van der Waals surface area contributed by atoms with Gasteiger partial charge in [-0.1, -0.05) is 6.07 Å². The van der Waals surface area contributed by atoms with Crippen LogP contribution in [0.25, 0.3) is 0 Å². The van der Waals surface area contributed by atoms with Crippen LogP contribution < -0.4 is 10.6 Å². The SMILES string of the molecule is CO[C@]1(C(=O)O)C[C@H](NC(=O)c2cccc([N+](=O)[O-])c2)[C@@H](NC(C)=O)[C@H]([C@H](O)[C@H](O)CO)O1. The van der Waals surface area contributed by atoms with Crippen molar-refractivity contribution < 1.29 is 49.2 Å². The number of carboxylic acid groups (broad SMARTS) is 1. The van der Waals surface area contributed by atoms with Crippen LogP contribution in [-0.2, 0) is 19.1 Å². The highest BCUT2D eigenvalue weighted by atomic mass is 16.7. The van der Waals surface area contributed by atoms with Gasteiger partial charge in [-0.15, -0.1) is 0 Å². The number of nitro groups is 1. The maximum atomic E-state index is 12.8. The molecule has 0 saturated carbocycles. The maximum Gasteiger partial charge on any atom is 0.364 e. The number of hydrogen-bond donors (Lipinski definition) is 6. The lowest BCUT2D eigenvalue weighted by atomic mass is 9.86. The lowest BCUT2D eigenvalue weighted by Crippen LogP contribution is -2.70. The number of non-ortho nitro benzene ring substituents is 1. The van der Waals surface area contributed by atoms with Crippen molar-refractivity contribution in [1.29, 1.82) is 0 Å². The summed E-state index contributed by atoms with van der Waals surface area (Å²) in [5.74, 6) is -5.48. The Morgan fingerprint density at radius 2 is 2.00 bits per heavy atom. The van der Waals surface area contributed by atoms with Crippen LogP contribution in [0.5, 0.6) is 0 Å². The number of carboxylic acids is 1. The zero-order valence-corrected chi connectivity index (χ0v) is 17.7. The van der Waals surface area contributed by atoms with Gasteiger partial charge in [-0.05, 0) is 6.07 Å². The predicted molar refractivity (Wildman–Crippen MR) is 108 cm³/mol. The van der Waals surface area contributed by atoms with E-state index in [2.05, 4.69) is 10.6 Å². The molecule has 14 nitrogen and oxygen atoms in total. The number of aliphatic hydroxyl groups is 3. The zero-order valence-electron chi connectivity index (χ0n) is 17.7. The summed E-state index contributed by atoms with van der Waals surface area (Å²) in [5.41, 5.74) is -0.479. The molecule has 0 radical (unpaired) electrons. The highest BCUT2D eigenvalue weighted by Crippen LogP contribution is 2.33. The monoisotopic (exact) mass is 471 g/mol. The Balaban J connectivity index is 2.48. The molecular weight excluding hydrogens is 446 g/mol. The Bertz CT molecular complexity index is 911. The molecule has 2 rings (SSSR count). The third-order valence-electron chi connectivity index (χ3n) is 5.18. The van der Waals surface area contributed by atoms with Gasteiger partial charge in [0.2, 0.25) is 5.91 Å². The van der Waals surface area contributed by atoms with Gasteiger partial charge in [-0.25, -0.2) is 4.79 Å². The molecule has 6 N–H and O–H groups in total. The molecule has 1 aromatic rings. The van der Waals surface area contributed by atoms with E-state index in [1.165, 1.54) is 18.2 Å². The van der Waals surface area contributed by atoms with Crippen LogP contribution in [-0.4, -0.2) is 93.0 Å². The van der Waals surface area contributed by atoms with Gasteiger partial charge in [-0.3, -0.25) is 19.7 Å². The molecule has 1 fully saturated rings. The van der Waals surface area contributed by atoms with Crippen LogP contribution >= 0.6 is 0 Å². The average Bonchev–Trinajstić information content (AvgIpc) is 2.78. The molecule has 2 amide bonds. The van der Waals surface area contributed by atoms with Crippen molar-refractivity contribution in [2.75, 3.05) is 13.7 Å². The number of nitro benzene ring substituents is 1. The standard InChI is InChI=1S/C19H25N3O11/c1-9(24)20-14-12(21-17(27)10-4-3-5-11(6-10)22(30)31)7-19(32-2,18(28)29)33-16(14)15(26)13(25)8-23/h3-6,12-16,23,25-26H,7-8H2,1-2H3,(H,20,24)(H,21,27)(H,28,29)/t12-,13+,14+,15+,16+,19+/m0/s1. The first-order chi connectivity index (χ1) is 15.5. The quantitative estimate of drug-likeness (QED) is 0.173. The summed E-state index contributed by atoms with van der Waals surface area (Å²) in [6.07, 6.45) is -5.85. The van der Waals surface area contributed by atoms with Gasteiger partial charge >= 0.3 is 5.97 Å². The van der Waals surface area contributed by atoms with E-state index < -0.39 is 71.9 Å². The molecular formula is C19H25N3O11. The minimum Gasteiger partial charge on any atom is -0.477 e. The molecule has 1 aliphatic rings. The normalized spacial score (nSPS) is 26.6. The number of ether oxygens (including phenoxy) is 2. The highest BCUT2D eigenvalue weighted by Gasteiger charge is 2.55. The van der Waals surface area contributed by atoms with Crippen LogP contribution in [0.15, 0.2) is 24.3 Å². The van der Waals surface area contributed by atoms with E-state index >= 15 is 0 Å². The minimum atomic E-state index is -2.39. The van der Waals surface area contributed by atoms with Gasteiger partial charge in [0, 0.05) is 38.2 Å². The van der Waals surface area contributed by atoms with Gasteiger partial charge < -0.3 is 40.5 Å². The number of benzene rings is 1. The van der Waals surface area contributed by atoms with Crippen LogP contribution in [0.3, 0.4) is 0 Å². The molecule has 1 aromatic carbocycles. The summed E-state index contributed by atoms with van der Waals surface area (Å²) in [6.45, 7) is 0.215.